The highest BCUT2D eigenvalue weighted by molar-refractivity contribution is 7.88. The summed E-state index contributed by atoms with van der Waals surface area (Å²) in [7, 11) is -3.43. The van der Waals surface area contributed by atoms with Crippen molar-refractivity contribution in [3.8, 4) is 5.75 Å². The number of ether oxygens (including phenoxy) is 2. The lowest BCUT2D eigenvalue weighted by atomic mass is 9.82. The Bertz CT molecular complexity index is 991. The Morgan fingerprint density at radius 3 is 2.46 bits per heavy atom. The Kier molecular flexibility index (Phi) is 7.97. The van der Waals surface area contributed by atoms with Gasteiger partial charge in [0, 0.05) is 18.5 Å². The first kappa shape index (κ1) is 26.2. The number of sulfonamides is 1. The fourth-order valence-corrected chi connectivity index (χ4v) is 6.10. The Morgan fingerprint density at radius 1 is 1.11 bits per heavy atom. The van der Waals surface area contributed by atoms with E-state index in [4.69, 9.17) is 4.74 Å². The second-order valence-electron chi connectivity index (χ2n) is 9.94. The molecule has 11 heteroatoms. The first-order chi connectivity index (χ1) is 16.5. The van der Waals surface area contributed by atoms with E-state index < -0.39 is 16.4 Å². The quantitative estimate of drug-likeness (QED) is 0.564. The van der Waals surface area contributed by atoms with Gasteiger partial charge in [-0.1, -0.05) is 12.1 Å². The van der Waals surface area contributed by atoms with Crippen molar-refractivity contribution in [2.24, 2.45) is 5.92 Å². The van der Waals surface area contributed by atoms with Crippen LogP contribution in [-0.2, 0) is 19.6 Å². The fraction of sp³-hybridized carbons (Fsp3) is 0.708. The predicted octanol–water partition coefficient (Wildman–Crippen LogP) is 3.95. The normalized spacial score (nSPS) is 28.1. The van der Waals surface area contributed by atoms with E-state index in [2.05, 4.69) is 9.46 Å². The molecule has 1 aromatic carbocycles. The number of nitrogens with zero attached hydrogens (tertiary/aromatic N) is 1. The Hall–Kier alpha value is -1.85. The summed E-state index contributed by atoms with van der Waals surface area (Å²) in [5.41, 5.74) is 0.816. The van der Waals surface area contributed by atoms with Gasteiger partial charge in [-0.05, 0) is 75.0 Å². The molecule has 0 unspecified atom stereocenters. The minimum absolute atomic E-state index is 0.0421. The number of carbonyl (C=O) groups excluding carboxylic acids is 1. The lowest BCUT2D eigenvalue weighted by molar-refractivity contribution is -0.274. The van der Waals surface area contributed by atoms with Gasteiger partial charge in [-0.3, -0.25) is 4.79 Å². The number of hydrogen-bond acceptors (Lipinski definition) is 5. The van der Waals surface area contributed by atoms with E-state index in [0.29, 0.717) is 13.0 Å². The van der Waals surface area contributed by atoms with Gasteiger partial charge in [0.15, 0.2) is 0 Å². The van der Waals surface area contributed by atoms with Gasteiger partial charge >= 0.3 is 6.36 Å². The third-order valence-electron chi connectivity index (χ3n) is 7.09. The van der Waals surface area contributed by atoms with Crippen LogP contribution in [0.15, 0.2) is 24.3 Å². The number of carbonyl (C=O) groups is 1. The lowest BCUT2D eigenvalue weighted by Gasteiger charge is -2.42. The van der Waals surface area contributed by atoms with Crippen LogP contribution in [0.2, 0.25) is 0 Å². The number of piperidine rings is 1. The summed E-state index contributed by atoms with van der Waals surface area (Å²) in [4.78, 5) is 14.7. The largest absolute Gasteiger partial charge is 0.573 e. The summed E-state index contributed by atoms with van der Waals surface area (Å²) in [6.07, 6.45) is 2.53. The molecule has 1 amide bonds. The maximum atomic E-state index is 12.9. The number of hydrogen-bond donors (Lipinski definition) is 1. The highest BCUT2D eigenvalue weighted by Gasteiger charge is 2.42. The van der Waals surface area contributed by atoms with E-state index in [1.54, 1.807) is 6.07 Å². The maximum Gasteiger partial charge on any atom is 0.573 e. The Balaban J connectivity index is 1.34. The van der Waals surface area contributed by atoms with Crippen LogP contribution in [0, 0.1) is 5.92 Å². The van der Waals surface area contributed by atoms with Gasteiger partial charge in [-0.15, -0.1) is 13.2 Å². The van der Waals surface area contributed by atoms with E-state index in [1.807, 2.05) is 11.0 Å². The van der Waals surface area contributed by atoms with E-state index in [9.17, 15) is 26.4 Å². The second kappa shape index (κ2) is 10.6. The van der Waals surface area contributed by atoms with Crippen LogP contribution in [0.25, 0.3) is 0 Å². The monoisotopic (exact) mass is 518 g/mol. The van der Waals surface area contributed by atoms with Gasteiger partial charge in [0.25, 0.3) is 0 Å². The maximum absolute atomic E-state index is 12.9. The Labute approximate surface area is 204 Å². The summed E-state index contributed by atoms with van der Waals surface area (Å²) >= 11 is 0. The molecular weight excluding hydrogens is 485 g/mol. The molecule has 3 fully saturated rings. The number of rotatable bonds is 8. The second-order valence-corrected chi connectivity index (χ2v) is 11.7. The van der Waals surface area contributed by atoms with Crippen molar-refractivity contribution in [1.82, 2.24) is 9.62 Å². The summed E-state index contributed by atoms with van der Waals surface area (Å²) in [5, 5.41) is 0. The molecule has 2 saturated carbocycles. The van der Waals surface area contributed by atoms with E-state index in [-0.39, 0.29) is 48.3 Å². The van der Waals surface area contributed by atoms with Crippen LogP contribution in [-0.4, -0.2) is 63.2 Å². The molecule has 7 nitrogen and oxygen atoms in total. The number of alkyl halides is 3. The van der Waals surface area contributed by atoms with Crippen molar-refractivity contribution in [2.45, 2.75) is 81.8 Å². The van der Waals surface area contributed by atoms with Crippen LogP contribution < -0.4 is 9.46 Å². The minimum Gasteiger partial charge on any atom is -0.406 e. The molecule has 1 saturated heterocycles. The van der Waals surface area contributed by atoms with Crippen LogP contribution in [0.3, 0.4) is 0 Å². The summed E-state index contributed by atoms with van der Waals surface area (Å²) in [6, 6.07) is 5.41. The topological polar surface area (TPSA) is 84.9 Å². The standard InChI is InChI=1S/C24H33F3N2O5S/c1-35(31,32)28-21-6-3-13-29(23(30)17-7-8-17)22(21)15-33-19-11-9-16(10-12-19)18-4-2-5-20(14-18)34-24(25,26)27/h2,4-5,14,16-17,19,21-22,28H,3,6-13,15H2,1H3/t16-,19+,21-,22-/m0/s1. The number of benzene rings is 1. The van der Waals surface area contributed by atoms with E-state index >= 15 is 0 Å². The van der Waals surface area contributed by atoms with Crippen LogP contribution in [0.4, 0.5) is 13.2 Å². The summed E-state index contributed by atoms with van der Waals surface area (Å²) in [5.74, 6) is 0.0368. The highest BCUT2D eigenvalue weighted by atomic mass is 32.2. The van der Waals surface area contributed by atoms with Crippen molar-refractivity contribution in [3.63, 3.8) is 0 Å². The van der Waals surface area contributed by atoms with Gasteiger partial charge in [0.1, 0.15) is 5.75 Å². The molecule has 0 aromatic heterocycles. The van der Waals surface area contributed by atoms with Crippen LogP contribution >= 0.6 is 0 Å². The molecular formula is C24H33F3N2O5S. The fourth-order valence-electron chi connectivity index (χ4n) is 5.28. The average Bonchev–Trinajstić information content (AvgIpc) is 3.61. The van der Waals surface area contributed by atoms with Gasteiger partial charge in [0.05, 0.1) is 25.0 Å². The van der Waals surface area contributed by atoms with Crippen molar-refractivity contribution in [3.05, 3.63) is 29.8 Å². The smallest absolute Gasteiger partial charge is 0.406 e. The SMILES string of the molecule is CS(=O)(=O)N[C@H]1CCCN(C(=O)C2CC2)[C@H]1CO[C@H]1CC[C@@H](c2cccc(OC(F)(F)F)c2)CC1. The summed E-state index contributed by atoms with van der Waals surface area (Å²) < 4.78 is 74.4. The molecule has 0 bridgehead atoms. The first-order valence-corrected chi connectivity index (χ1v) is 14.1. The van der Waals surface area contributed by atoms with Crippen molar-refractivity contribution < 1.29 is 35.9 Å². The first-order valence-electron chi connectivity index (χ1n) is 12.2. The molecule has 1 heterocycles. The molecule has 35 heavy (non-hydrogen) atoms. The van der Waals surface area contributed by atoms with Gasteiger partial charge in [-0.2, -0.15) is 0 Å². The molecule has 4 rings (SSSR count). The van der Waals surface area contributed by atoms with E-state index in [0.717, 1.165) is 56.8 Å². The van der Waals surface area contributed by atoms with Crippen molar-refractivity contribution in [1.29, 1.82) is 0 Å². The third-order valence-corrected chi connectivity index (χ3v) is 7.82. The zero-order valence-electron chi connectivity index (χ0n) is 19.8. The third kappa shape index (κ3) is 7.57. The zero-order chi connectivity index (χ0) is 25.2. The van der Waals surface area contributed by atoms with Crippen LogP contribution in [0.5, 0.6) is 5.75 Å². The van der Waals surface area contributed by atoms with Gasteiger partial charge < -0.3 is 14.4 Å². The van der Waals surface area contributed by atoms with Crippen molar-refractivity contribution >= 4 is 15.9 Å². The number of amides is 1. The molecule has 1 aliphatic heterocycles. The average molecular weight is 519 g/mol. The number of nitrogens with one attached hydrogen (secondary N) is 1. The zero-order valence-corrected chi connectivity index (χ0v) is 20.6. The molecule has 0 spiro atoms. The van der Waals surface area contributed by atoms with Crippen molar-refractivity contribution in [2.75, 3.05) is 19.4 Å². The molecule has 1 N–H and O–H groups in total. The molecule has 2 aliphatic carbocycles. The Morgan fingerprint density at radius 2 is 1.83 bits per heavy atom. The molecule has 2 atom stereocenters. The van der Waals surface area contributed by atoms with Crippen LogP contribution in [0.1, 0.15) is 62.8 Å². The molecule has 196 valence electrons. The minimum atomic E-state index is -4.72. The van der Waals surface area contributed by atoms with Gasteiger partial charge in [0.2, 0.25) is 15.9 Å². The molecule has 0 radical (unpaired) electrons. The molecule has 3 aliphatic rings. The lowest BCUT2D eigenvalue weighted by Crippen LogP contribution is -2.59. The predicted molar refractivity (Wildman–Crippen MR) is 123 cm³/mol. The number of likely N-dealkylation sites (tertiary alicyclic amines) is 1. The number of halogens is 3. The molecule has 1 aromatic rings. The van der Waals surface area contributed by atoms with E-state index in [1.165, 1.54) is 12.1 Å². The van der Waals surface area contributed by atoms with Gasteiger partial charge in [-0.25, -0.2) is 13.1 Å². The summed E-state index contributed by atoms with van der Waals surface area (Å²) in [6.45, 7) is 0.865. The highest BCUT2D eigenvalue weighted by Crippen LogP contribution is 2.37.